The van der Waals surface area contributed by atoms with Crippen molar-refractivity contribution in [2.75, 3.05) is 0 Å². The largest absolute Gasteiger partial charge is 0.472 e. The van der Waals surface area contributed by atoms with Crippen LogP contribution in [-0.4, -0.2) is 11.8 Å². The molecule has 3 aromatic rings. The molecule has 1 aromatic heterocycles. The highest BCUT2D eigenvalue weighted by Gasteiger charge is 2.42. The van der Waals surface area contributed by atoms with E-state index in [0.717, 1.165) is 0 Å². The predicted octanol–water partition coefficient (Wildman–Crippen LogP) is 5.20. The number of benzene rings is 2. The summed E-state index contributed by atoms with van der Waals surface area (Å²) in [5.41, 5.74) is -2.69. The van der Waals surface area contributed by atoms with Crippen LogP contribution in [0, 0.1) is 0 Å². The van der Waals surface area contributed by atoms with Gasteiger partial charge in [-0.3, -0.25) is 9.59 Å². The summed E-state index contributed by atoms with van der Waals surface area (Å²) in [4.78, 5) is 25.8. The van der Waals surface area contributed by atoms with Crippen LogP contribution in [0.2, 0.25) is 0 Å². The highest BCUT2D eigenvalue weighted by Crippen LogP contribution is 2.42. The lowest BCUT2D eigenvalue weighted by molar-refractivity contribution is -0.143. The Morgan fingerprint density at radius 3 is 2.21 bits per heavy atom. The van der Waals surface area contributed by atoms with Gasteiger partial charge in [-0.15, -0.1) is 0 Å². The maximum absolute atomic E-state index is 13.4. The van der Waals surface area contributed by atoms with Crippen molar-refractivity contribution in [3.05, 3.63) is 94.4 Å². The second kappa shape index (κ2) is 8.54. The van der Waals surface area contributed by atoms with Gasteiger partial charge in [0.25, 0.3) is 5.91 Å². The first-order valence-electron chi connectivity index (χ1n) is 9.93. The molecule has 5 nitrogen and oxygen atoms in total. The molecule has 178 valence electrons. The number of carbonyl (C=O) groups is 2. The third-order valence-corrected chi connectivity index (χ3v) is 5.46. The molecule has 1 aliphatic rings. The molecule has 4 rings (SSSR count). The average Bonchev–Trinajstić information content (AvgIpc) is 3.30. The van der Waals surface area contributed by atoms with Gasteiger partial charge < -0.3 is 15.1 Å². The molecule has 0 radical (unpaired) electrons. The van der Waals surface area contributed by atoms with Gasteiger partial charge in [0.1, 0.15) is 0 Å². The van der Waals surface area contributed by atoms with E-state index in [4.69, 9.17) is 4.42 Å². The second-order valence-corrected chi connectivity index (χ2v) is 7.70. The summed E-state index contributed by atoms with van der Waals surface area (Å²) in [6, 6.07) is 7.06. The Bertz CT molecular complexity index is 1190. The highest BCUT2D eigenvalue weighted by molar-refractivity contribution is 6.01. The molecule has 0 saturated heterocycles. The minimum absolute atomic E-state index is 0.00389. The van der Waals surface area contributed by atoms with Crippen LogP contribution in [-0.2, 0) is 23.7 Å². The molecule has 2 unspecified atom stereocenters. The van der Waals surface area contributed by atoms with Crippen LogP contribution in [0.25, 0.3) is 0 Å². The van der Waals surface area contributed by atoms with Crippen molar-refractivity contribution >= 4 is 11.8 Å². The van der Waals surface area contributed by atoms with Crippen molar-refractivity contribution in [1.29, 1.82) is 0 Å². The van der Waals surface area contributed by atoms with Crippen LogP contribution in [0.5, 0.6) is 0 Å². The number of hydrogen-bond donors (Lipinski definition) is 2. The van der Waals surface area contributed by atoms with Crippen molar-refractivity contribution in [2.45, 2.75) is 30.9 Å². The number of carbonyl (C=O) groups excluding carboxylic acids is 2. The van der Waals surface area contributed by atoms with Crippen LogP contribution in [0.15, 0.2) is 65.5 Å². The number of halogens is 6. The summed E-state index contributed by atoms with van der Waals surface area (Å²) >= 11 is 0. The lowest BCUT2D eigenvalue weighted by atomic mass is 9.80. The molecule has 0 fully saturated rings. The van der Waals surface area contributed by atoms with Gasteiger partial charge in [0.2, 0.25) is 5.91 Å². The van der Waals surface area contributed by atoms with E-state index in [-0.39, 0.29) is 23.7 Å². The first-order valence-corrected chi connectivity index (χ1v) is 9.93. The van der Waals surface area contributed by atoms with Gasteiger partial charge in [0.15, 0.2) is 0 Å². The Morgan fingerprint density at radius 1 is 0.971 bits per heavy atom. The van der Waals surface area contributed by atoms with E-state index >= 15 is 0 Å². The molecule has 1 aliphatic heterocycles. The van der Waals surface area contributed by atoms with Crippen LogP contribution >= 0.6 is 0 Å². The molecule has 2 aromatic carbocycles. The Kier molecular flexibility index (Phi) is 5.88. The fourth-order valence-electron chi connectivity index (χ4n) is 3.88. The number of fused-ring (bicyclic) bond motifs is 1. The molecular weight excluding hydrogens is 466 g/mol. The standard InChI is InChI=1S/C23H16F6N2O3/c24-22(25,26)14-7-13(8-15(9-14)23(27,28)29)19-18(21(33)30-10-12-5-6-34-11-12)16-3-1-2-4-17(16)20(32)31-19/h1-9,11,18-19H,10H2,(H,30,33)(H,31,32). The summed E-state index contributed by atoms with van der Waals surface area (Å²) in [5.74, 6) is -2.69. The quantitative estimate of drug-likeness (QED) is 0.502. The Morgan fingerprint density at radius 2 is 1.62 bits per heavy atom. The molecule has 0 bridgehead atoms. The highest BCUT2D eigenvalue weighted by atomic mass is 19.4. The molecule has 2 atom stereocenters. The molecule has 11 heteroatoms. The zero-order valence-corrected chi connectivity index (χ0v) is 17.1. The molecule has 34 heavy (non-hydrogen) atoms. The van der Waals surface area contributed by atoms with Gasteiger partial charge in [0, 0.05) is 17.7 Å². The molecule has 2 amide bonds. The summed E-state index contributed by atoms with van der Waals surface area (Å²) < 4.78 is 85.4. The first-order chi connectivity index (χ1) is 15.9. The predicted molar refractivity (Wildman–Crippen MR) is 106 cm³/mol. The Hall–Kier alpha value is -3.76. The third kappa shape index (κ3) is 4.63. The molecule has 0 aliphatic carbocycles. The van der Waals surface area contributed by atoms with Gasteiger partial charge in [-0.05, 0) is 41.5 Å². The number of amides is 2. The summed E-state index contributed by atoms with van der Waals surface area (Å²) in [5, 5.41) is 5.02. The summed E-state index contributed by atoms with van der Waals surface area (Å²) in [7, 11) is 0. The number of rotatable bonds is 4. The van der Waals surface area contributed by atoms with Gasteiger partial charge >= 0.3 is 12.4 Å². The minimum atomic E-state index is -5.08. The van der Waals surface area contributed by atoms with Crippen molar-refractivity contribution < 1.29 is 40.3 Å². The zero-order valence-electron chi connectivity index (χ0n) is 17.1. The molecular formula is C23H16F6N2O3. The fourth-order valence-corrected chi connectivity index (χ4v) is 3.88. The van der Waals surface area contributed by atoms with Crippen LogP contribution < -0.4 is 10.6 Å². The first kappa shape index (κ1) is 23.4. The van der Waals surface area contributed by atoms with Crippen molar-refractivity contribution in [1.82, 2.24) is 10.6 Å². The summed E-state index contributed by atoms with van der Waals surface area (Å²) in [6.07, 6.45) is -7.41. The molecule has 0 saturated carbocycles. The number of furan rings is 1. The van der Waals surface area contributed by atoms with E-state index in [1.54, 1.807) is 6.07 Å². The second-order valence-electron chi connectivity index (χ2n) is 7.70. The maximum atomic E-state index is 13.4. The SMILES string of the molecule is O=C1NC(c2cc(C(F)(F)F)cc(C(F)(F)F)c2)C(C(=O)NCc2ccoc2)c2ccccc21. The van der Waals surface area contributed by atoms with Crippen molar-refractivity contribution in [3.63, 3.8) is 0 Å². The Balaban J connectivity index is 1.81. The maximum Gasteiger partial charge on any atom is 0.416 e. The van der Waals surface area contributed by atoms with Crippen LogP contribution in [0.1, 0.15) is 50.1 Å². The zero-order chi connectivity index (χ0) is 24.7. The van der Waals surface area contributed by atoms with Gasteiger partial charge in [-0.25, -0.2) is 0 Å². The van der Waals surface area contributed by atoms with E-state index in [1.165, 1.54) is 36.8 Å². The summed E-state index contributed by atoms with van der Waals surface area (Å²) in [6.45, 7) is 0.00502. The average molecular weight is 482 g/mol. The molecule has 2 heterocycles. The topological polar surface area (TPSA) is 71.3 Å². The lowest BCUT2D eigenvalue weighted by Gasteiger charge is -2.34. The third-order valence-electron chi connectivity index (χ3n) is 5.46. The van der Waals surface area contributed by atoms with Crippen LogP contribution in [0.3, 0.4) is 0 Å². The van der Waals surface area contributed by atoms with Gasteiger partial charge in [-0.1, -0.05) is 18.2 Å². The fraction of sp³-hybridized carbons (Fsp3) is 0.217. The van der Waals surface area contributed by atoms with E-state index < -0.39 is 52.8 Å². The van der Waals surface area contributed by atoms with E-state index in [1.807, 2.05) is 0 Å². The number of alkyl halides is 6. The van der Waals surface area contributed by atoms with Gasteiger partial charge in [-0.2, -0.15) is 26.3 Å². The normalized spacial score (nSPS) is 18.2. The van der Waals surface area contributed by atoms with Gasteiger partial charge in [0.05, 0.1) is 35.6 Å². The minimum Gasteiger partial charge on any atom is -0.472 e. The van der Waals surface area contributed by atoms with Crippen molar-refractivity contribution in [3.8, 4) is 0 Å². The number of hydrogen-bond acceptors (Lipinski definition) is 3. The Labute approximate surface area is 188 Å². The van der Waals surface area contributed by atoms with Crippen LogP contribution in [0.4, 0.5) is 26.3 Å². The van der Waals surface area contributed by atoms with Crippen molar-refractivity contribution in [2.24, 2.45) is 0 Å². The number of nitrogens with one attached hydrogen (secondary N) is 2. The van der Waals surface area contributed by atoms with E-state index in [2.05, 4.69) is 10.6 Å². The monoisotopic (exact) mass is 482 g/mol. The molecule has 0 spiro atoms. The molecule has 2 N–H and O–H groups in total. The lowest BCUT2D eigenvalue weighted by Crippen LogP contribution is -2.44. The van der Waals surface area contributed by atoms with E-state index in [9.17, 15) is 35.9 Å². The smallest absolute Gasteiger partial charge is 0.416 e. The van der Waals surface area contributed by atoms with E-state index in [0.29, 0.717) is 17.7 Å².